The van der Waals surface area contributed by atoms with Crippen molar-refractivity contribution in [1.82, 2.24) is 14.2 Å². The highest BCUT2D eigenvalue weighted by Gasteiger charge is 2.51. The topological polar surface area (TPSA) is 127 Å². The standard InChI is InChI=1S/C55H79N4O9P/c1-9-10-11-12-13-14-15-16-17-18-19-20-21-25-39-64-52-51(68-69(66-40-37-56-6)59(42(2)3)43(4)5)49(67-53(52)58-38-36-50(60)57-54(58)61)41-65-55(44-26-23-22-24-27-44,45-28-32-47(62-7)33-29-45)46-30-34-48(63-8)35-31-46/h22-24,26-36,38,42-43,49,51-53H,9-21,25,37,39-41H2,1-5,7-8H3,(H,57,60,61). The number of aromatic amines is 1. The first kappa shape index (κ1) is 55.5. The molecule has 5 unspecified atom stereocenters. The molecule has 0 aliphatic carbocycles. The summed E-state index contributed by atoms with van der Waals surface area (Å²) in [4.78, 5) is 32.1. The molecule has 2 heterocycles. The lowest BCUT2D eigenvalue weighted by atomic mass is 9.80. The average molecular weight is 971 g/mol. The van der Waals surface area contributed by atoms with Crippen molar-refractivity contribution in [3.63, 3.8) is 0 Å². The van der Waals surface area contributed by atoms with Gasteiger partial charge in [-0.25, -0.2) is 16.0 Å². The molecule has 0 amide bonds. The number of aromatic nitrogens is 2. The van der Waals surface area contributed by atoms with Gasteiger partial charge >= 0.3 is 5.69 Å². The molecule has 1 aliphatic rings. The van der Waals surface area contributed by atoms with Crippen LogP contribution in [-0.4, -0.2) is 85.2 Å². The van der Waals surface area contributed by atoms with E-state index in [-0.39, 0.29) is 31.8 Å². The second-order valence-electron chi connectivity index (χ2n) is 18.4. The van der Waals surface area contributed by atoms with Crippen LogP contribution in [0.15, 0.2) is 101 Å². The summed E-state index contributed by atoms with van der Waals surface area (Å²) in [5, 5.41) is 0. The van der Waals surface area contributed by atoms with Crippen molar-refractivity contribution in [3.8, 4) is 11.5 Å². The van der Waals surface area contributed by atoms with E-state index in [1.165, 1.54) is 87.5 Å². The van der Waals surface area contributed by atoms with Crippen LogP contribution in [0, 0.1) is 6.57 Å². The second kappa shape index (κ2) is 29.7. The fraction of sp³-hybridized carbons (Fsp3) is 0.582. The van der Waals surface area contributed by atoms with Gasteiger partial charge in [0, 0.05) is 31.0 Å². The lowest BCUT2D eigenvalue weighted by Gasteiger charge is -2.39. The molecule has 69 heavy (non-hydrogen) atoms. The van der Waals surface area contributed by atoms with Gasteiger partial charge in [0.15, 0.2) is 6.23 Å². The van der Waals surface area contributed by atoms with Crippen LogP contribution in [0.1, 0.15) is 147 Å². The van der Waals surface area contributed by atoms with E-state index in [9.17, 15) is 9.59 Å². The zero-order chi connectivity index (χ0) is 49.4. The number of rotatable bonds is 33. The zero-order valence-corrected chi connectivity index (χ0v) is 43.2. The lowest BCUT2D eigenvalue weighted by molar-refractivity contribution is -0.0977. The van der Waals surface area contributed by atoms with Crippen molar-refractivity contribution >= 4 is 8.53 Å². The molecule has 14 heteroatoms. The number of ether oxygens (including phenoxy) is 5. The molecular formula is C55H79N4O9P. The number of benzene rings is 3. The van der Waals surface area contributed by atoms with E-state index in [1.807, 2.05) is 78.9 Å². The number of hydrogen-bond acceptors (Lipinski definition) is 10. The van der Waals surface area contributed by atoms with Crippen LogP contribution in [0.4, 0.5) is 0 Å². The smallest absolute Gasteiger partial charge is 0.330 e. The van der Waals surface area contributed by atoms with E-state index in [0.717, 1.165) is 36.0 Å². The number of hydrogen-bond donors (Lipinski definition) is 1. The third-order valence-corrected chi connectivity index (χ3v) is 14.8. The highest BCUT2D eigenvalue weighted by molar-refractivity contribution is 7.44. The normalized spacial score (nSPS) is 17.7. The maximum Gasteiger partial charge on any atom is 0.330 e. The first-order valence-electron chi connectivity index (χ1n) is 25.4. The number of H-pyrrole nitrogens is 1. The monoisotopic (exact) mass is 971 g/mol. The van der Waals surface area contributed by atoms with Crippen LogP contribution >= 0.6 is 8.53 Å². The van der Waals surface area contributed by atoms with Gasteiger partial charge in [0.25, 0.3) is 14.1 Å². The predicted molar refractivity (Wildman–Crippen MR) is 275 cm³/mol. The summed E-state index contributed by atoms with van der Waals surface area (Å²) in [6.07, 6.45) is 15.3. The molecule has 1 saturated heterocycles. The second-order valence-corrected chi connectivity index (χ2v) is 19.8. The fourth-order valence-electron chi connectivity index (χ4n) is 9.19. The van der Waals surface area contributed by atoms with Crippen molar-refractivity contribution in [3.05, 3.63) is 140 Å². The molecule has 0 radical (unpaired) electrons. The molecule has 3 aromatic carbocycles. The van der Waals surface area contributed by atoms with Gasteiger partial charge in [0.1, 0.15) is 42.0 Å². The Kier molecular flexibility index (Phi) is 23.9. The van der Waals surface area contributed by atoms with Crippen LogP contribution in [0.25, 0.3) is 4.85 Å². The third-order valence-electron chi connectivity index (χ3n) is 12.7. The maximum atomic E-state index is 13.7. The van der Waals surface area contributed by atoms with Crippen molar-refractivity contribution in [2.24, 2.45) is 0 Å². The van der Waals surface area contributed by atoms with Gasteiger partial charge in [0.05, 0.1) is 20.8 Å². The zero-order valence-electron chi connectivity index (χ0n) is 42.3. The van der Waals surface area contributed by atoms with E-state index in [1.54, 1.807) is 14.2 Å². The number of nitrogens with one attached hydrogen (secondary N) is 1. The van der Waals surface area contributed by atoms with E-state index >= 15 is 0 Å². The van der Waals surface area contributed by atoms with Crippen LogP contribution in [0.3, 0.4) is 0 Å². The lowest BCUT2D eigenvalue weighted by Crippen LogP contribution is -2.43. The van der Waals surface area contributed by atoms with E-state index in [4.69, 9.17) is 39.3 Å². The van der Waals surface area contributed by atoms with Crippen molar-refractivity contribution < 1.29 is 32.7 Å². The molecule has 378 valence electrons. The molecule has 0 bridgehead atoms. The molecule has 1 fully saturated rings. The first-order chi connectivity index (χ1) is 33.6. The highest BCUT2D eigenvalue weighted by atomic mass is 31.2. The van der Waals surface area contributed by atoms with Gasteiger partial charge in [-0.1, -0.05) is 145 Å². The Morgan fingerprint density at radius 2 is 1.23 bits per heavy atom. The molecular weight excluding hydrogens is 892 g/mol. The maximum absolute atomic E-state index is 13.7. The van der Waals surface area contributed by atoms with Gasteiger partial charge in [-0.15, -0.1) is 0 Å². The summed E-state index contributed by atoms with van der Waals surface area (Å²) in [6, 6.07) is 27.0. The van der Waals surface area contributed by atoms with Crippen LogP contribution < -0.4 is 20.7 Å². The highest BCUT2D eigenvalue weighted by Crippen LogP contribution is 2.51. The number of unbranched alkanes of at least 4 members (excludes halogenated alkanes) is 13. The molecule has 1 aliphatic heterocycles. The molecule has 1 N–H and O–H groups in total. The molecule has 0 spiro atoms. The number of methoxy groups -OCH3 is 2. The van der Waals surface area contributed by atoms with Gasteiger partial charge in [0.2, 0.25) is 6.54 Å². The summed E-state index contributed by atoms with van der Waals surface area (Å²) in [7, 11) is 1.48. The van der Waals surface area contributed by atoms with Crippen molar-refractivity contribution in [2.45, 2.75) is 167 Å². The van der Waals surface area contributed by atoms with Gasteiger partial charge in [-0.2, -0.15) is 0 Å². The predicted octanol–water partition coefficient (Wildman–Crippen LogP) is 12.0. The third kappa shape index (κ3) is 16.1. The van der Waals surface area contributed by atoms with E-state index < -0.39 is 49.9 Å². The number of nitrogens with zero attached hydrogens (tertiary/aromatic N) is 3. The Labute approximate surface area is 412 Å². The Morgan fingerprint density at radius 3 is 1.72 bits per heavy atom. The van der Waals surface area contributed by atoms with Crippen molar-refractivity contribution in [2.75, 3.05) is 40.6 Å². The van der Waals surface area contributed by atoms with Crippen LogP contribution in [-0.2, 0) is 28.9 Å². The van der Waals surface area contributed by atoms with Crippen LogP contribution in [0.5, 0.6) is 11.5 Å². The summed E-state index contributed by atoms with van der Waals surface area (Å²) < 4.78 is 49.7. The van der Waals surface area contributed by atoms with Gasteiger partial charge in [-0.3, -0.25) is 14.3 Å². The van der Waals surface area contributed by atoms with Crippen molar-refractivity contribution in [1.29, 1.82) is 0 Å². The largest absolute Gasteiger partial charge is 0.497 e. The van der Waals surface area contributed by atoms with E-state index in [2.05, 4.69) is 49.1 Å². The summed E-state index contributed by atoms with van der Waals surface area (Å²) in [5.41, 5.74) is 0.202. The molecule has 5 atom stereocenters. The minimum atomic E-state index is -1.80. The fourth-order valence-corrected chi connectivity index (χ4v) is 10.9. The quantitative estimate of drug-likeness (QED) is 0.0213. The summed E-state index contributed by atoms with van der Waals surface area (Å²) in [6.45, 7) is 18.8. The Morgan fingerprint density at radius 1 is 0.710 bits per heavy atom. The molecule has 4 aromatic rings. The molecule has 5 rings (SSSR count). The Hall–Kier alpha value is -4.38. The minimum Gasteiger partial charge on any atom is -0.497 e. The van der Waals surface area contributed by atoms with Gasteiger partial charge < -0.3 is 37.6 Å². The average Bonchev–Trinajstić information content (AvgIpc) is 3.68. The Bertz CT molecular complexity index is 2140. The SMILES string of the molecule is [C-]#[N+]CCOP(OC1C(COC(c2ccccc2)(c2ccc(OC)cc2)c2ccc(OC)cc2)OC(n2ccc(=O)[nH]c2=O)C1OCCCCCCCCCCCCCCCC)N(C(C)C)C(C)C. The summed E-state index contributed by atoms with van der Waals surface area (Å²) in [5.74, 6) is 1.39. The van der Waals surface area contributed by atoms with E-state index in [0.29, 0.717) is 18.1 Å². The minimum absolute atomic E-state index is 0.0180. The molecule has 13 nitrogen and oxygen atoms in total. The Balaban J connectivity index is 1.48. The van der Waals surface area contributed by atoms with Crippen LogP contribution in [0.2, 0.25) is 0 Å². The molecule has 0 saturated carbocycles. The summed E-state index contributed by atoms with van der Waals surface area (Å²) >= 11 is 0. The first-order valence-corrected chi connectivity index (χ1v) is 26.5. The molecule has 1 aromatic heterocycles. The van der Waals surface area contributed by atoms with Gasteiger partial charge in [-0.05, 0) is 75.1 Å².